The lowest BCUT2D eigenvalue weighted by atomic mass is 9.80. The van der Waals surface area contributed by atoms with Crippen LogP contribution in [-0.2, 0) is 0 Å². The van der Waals surface area contributed by atoms with Crippen LogP contribution in [0.5, 0.6) is 0 Å². The summed E-state index contributed by atoms with van der Waals surface area (Å²) in [5, 5.41) is 6.04. The Bertz CT molecular complexity index is 467. The second-order valence-corrected chi connectivity index (χ2v) is 5.98. The highest BCUT2D eigenvalue weighted by Crippen LogP contribution is 2.30. The number of carbonyl (C=O) groups excluding carboxylic acids is 1. The molecule has 0 atom stereocenters. The van der Waals surface area contributed by atoms with Gasteiger partial charge in [0.2, 0.25) is 0 Å². The van der Waals surface area contributed by atoms with E-state index >= 15 is 0 Å². The molecule has 2 rings (SSSR count). The minimum atomic E-state index is -0.154. The molecule has 5 heteroatoms. The van der Waals surface area contributed by atoms with Crippen LogP contribution in [0.4, 0.5) is 5.69 Å². The van der Waals surface area contributed by atoms with Crippen molar-refractivity contribution < 1.29 is 4.79 Å². The van der Waals surface area contributed by atoms with Gasteiger partial charge in [-0.1, -0.05) is 6.92 Å². The summed E-state index contributed by atoms with van der Waals surface area (Å²) in [6.45, 7) is 5.56. The summed E-state index contributed by atoms with van der Waals surface area (Å²) in [4.78, 5) is 18.0. The number of pyridine rings is 1. The van der Waals surface area contributed by atoms with Crippen molar-refractivity contribution in [1.82, 2.24) is 15.2 Å². The van der Waals surface area contributed by atoms with Crippen LogP contribution in [0.3, 0.4) is 0 Å². The molecule has 0 radical (unpaired) electrons. The number of piperidine rings is 1. The molecular formula is C15H24N4O. The van der Waals surface area contributed by atoms with Gasteiger partial charge in [-0.2, -0.15) is 0 Å². The second kappa shape index (κ2) is 6.22. The van der Waals surface area contributed by atoms with Gasteiger partial charge >= 0.3 is 0 Å². The van der Waals surface area contributed by atoms with E-state index in [1.54, 1.807) is 19.3 Å². The fourth-order valence-electron chi connectivity index (χ4n) is 2.44. The van der Waals surface area contributed by atoms with Gasteiger partial charge in [0.05, 0.1) is 0 Å². The zero-order chi connectivity index (χ0) is 14.6. The summed E-state index contributed by atoms with van der Waals surface area (Å²) in [6.07, 6.45) is 4.07. The van der Waals surface area contributed by atoms with Gasteiger partial charge in [0.25, 0.3) is 5.91 Å². The highest BCUT2D eigenvalue weighted by Gasteiger charge is 2.28. The van der Waals surface area contributed by atoms with Crippen LogP contribution in [0, 0.1) is 5.41 Å². The normalized spacial score (nSPS) is 18.6. The van der Waals surface area contributed by atoms with Gasteiger partial charge in [0, 0.05) is 25.5 Å². The maximum Gasteiger partial charge on any atom is 0.269 e. The first-order valence-corrected chi connectivity index (χ1v) is 7.13. The summed E-state index contributed by atoms with van der Waals surface area (Å²) in [5.74, 6) is -0.154. The third kappa shape index (κ3) is 3.70. The number of rotatable bonds is 4. The van der Waals surface area contributed by atoms with Crippen LogP contribution in [-0.4, -0.2) is 49.5 Å². The Morgan fingerprint density at radius 3 is 2.80 bits per heavy atom. The number of carbonyl (C=O) groups is 1. The first-order valence-electron chi connectivity index (χ1n) is 7.13. The molecule has 0 spiro atoms. The lowest BCUT2D eigenvalue weighted by Crippen LogP contribution is -2.40. The number of nitrogens with one attached hydrogen (secondary N) is 2. The summed E-state index contributed by atoms with van der Waals surface area (Å²) >= 11 is 0. The molecule has 0 unspecified atom stereocenters. The van der Waals surface area contributed by atoms with Gasteiger partial charge in [-0.25, -0.2) is 0 Å². The minimum Gasteiger partial charge on any atom is -0.384 e. The van der Waals surface area contributed by atoms with E-state index in [1.807, 2.05) is 6.07 Å². The Kier molecular flexibility index (Phi) is 4.60. The number of anilines is 1. The number of likely N-dealkylation sites (tertiary alicyclic amines) is 1. The molecule has 0 bridgehead atoms. The molecule has 1 aromatic rings. The monoisotopic (exact) mass is 276 g/mol. The Morgan fingerprint density at radius 1 is 1.45 bits per heavy atom. The fourth-order valence-corrected chi connectivity index (χ4v) is 2.44. The van der Waals surface area contributed by atoms with Gasteiger partial charge < -0.3 is 15.5 Å². The zero-order valence-electron chi connectivity index (χ0n) is 12.6. The van der Waals surface area contributed by atoms with Crippen molar-refractivity contribution in [1.29, 1.82) is 0 Å². The molecule has 2 heterocycles. The zero-order valence-corrected chi connectivity index (χ0v) is 12.6. The van der Waals surface area contributed by atoms with Crippen molar-refractivity contribution in [2.45, 2.75) is 19.8 Å². The Balaban J connectivity index is 1.95. The topological polar surface area (TPSA) is 57.3 Å². The van der Waals surface area contributed by atoms with Gasteiger partial charge in [-0.15, -0.1) is 0 Å². The molecule has 0 aromatic carbocycles. The molecule has 1 saturated heterocycles. The quantitative estimate of drug-likeness (QED) is 0.877. The molecule has 2 N–H and O–H groups in total. The highest BCUT2D eigenvalue weighted by molar-refractivity contribution is 5.92. The number of aromatic nitrogens is 1. The molecule has 1 fully saturated rings. The maximum atomic E-state index is 11.6. The number of amides is 1. The first-order chi connectivity index (χ1) is 9.52. The van der Waals surface area contributed by atoms with Crippen LogP contribution < -0.4 is 10.6 Å². The van der Waals surface area contributed by atoms with Crippen molar-refractivity contribution in [3.8, 4) is 0 Å². The smallest absolute Gasteiger partial charge is 0.269 e. The predicted octanol–water partition coefficient (Wildman–Crippen LogP) is 1.58. The van der Waals surface area contributed by atoms with Gasteiger partial charge in [0.15, 0.2) is 0 Å². The van der Waals surface area contributed by atoms with Crippen molar-refractivity contribution in [3.05, 3.63) is 24.0 Å². The number of hydrogen-bond acceptors (Lipinski definition) is 4. The van der Waals surface area contributed by atoms with Crippen LogP contribution in [0.2, 0.25) is 0 Å². The molecular weight excluding hydrogens is 252 g/mol. The maximum absolute atomic E-state index is 11.6. The van der Waals surface area contributed by atoms with E-state index in [2.05, 4.69) is 34.5 Å². The summed E-state index contributed by atoms with van der Waals surface area (Å²) in [6, 6.07) is 3.71. The Hall–Kier alpha value is -1.62. The van der Waals surface area contributed by atoms with E-state index in [-0.39, 0.29) is 5.91 Å². The van der Waals surface area contributed by atoms with E-state index in [0.29, 0.717) is 11.1 Å². The average molecular weight is 276 g/mol. The van der Waals surface area contributed by atoms with Gasteiger partial charge in [0.1, 0.15) is 5.69 Å². The Morgan fingerprint density at radius 2 is 2.15 bits per heavy atom. The van der Waals surface area contributed by atoms with Crippen molar-refractivity contribution in [3.63, 3.8) is 0 Å². The molecule has 1 aromatic heterocycles. The standard InChI is InChI=1S/C15H24N4O/c1-15(5-8-19(3)9-6-15)11-18-12-4-7-17-13(10-12)14(20)16-2/h4,7,10H,5-6,8-9,11H2,1-3H3,(H,16,20)(H,17,18). The van der Waals surface area contributed by atoms with E-state index in [9.17, 15) is 4.79 Å². The molecule has 20 heavy (non-hydrogen) atoms. The summed E-state index contributed by atoms with van der Waals surface area (Å²) < 4.78 is 0. The molecule has 0 saturated carbocycles. The average Bonchev–Trinajstić information content (AvgIpc) is 2.48. The van der Waals surface area contributed by atoms with E-state index in [4.69, 9.17) is 0 Å². The summed E-state index contributed by atoms with van der Waals surface area (Å²) in [5.41, 5.74) is 1.73. The lowest BCUT2D eigenvalue weighted by molar-refractivity contribution is 0.0958. The molecule has 1 aliphatic heterocycles. The lowest BCUT2D eigenvalue weighted by Gasteiger charge is -2.38. The van der Waals surface area contributed by atoms with E-state index in [1.165, 1.54) is 12.8 Å². The predicted molar refractivity (Wildman–Crippen MR) is 81.0 cm³/mol. The molecule has 5 nitrogen and oxygen atoms in total. The highest BCUT2D eigenvalue weighted by atomic mass is 16.1. The van der Waals surface area contributed by atoms with E-state index < -0.39 is 0 Å². The third-order valence-corrected chi connectivity index (χ3v) is 4.13. The van der Waals surface area contributed by atoms with Gasteiger partial charge in [-0.05, 0) is 50.5 Å². The van der Waals surface area contributed by atoms with Gasteiger partial charge in [-0.3, -0.25) is 9.78 Å². The second-order valence-electron chi connectivity index (χ2n) is 5.98. The number of nitrogens with zero attached hydrogens (tertiary/aromatic N) is 2. The summed E-state index contributed by atoms with van der Waals surface area (Å²) in [7, 11) is 3.79. The number of hydrogen-bond donors (Lipinski definition) is 2. The molecule has 110 valence electrons. The van der Waals surface area contributed by atoms with Crippen molar-refractivity contribution in [2.24, 2.45) is 5.41 Å². The van der Waals surface area contributed by atoms with E-state index in [0.717, 1.165) is 25.3 Å². The Labute approximate surface area is 120 Å². The largest absolute Gasteiger partial charge is 0.384 e. The van der Waals surface area contributed by atoms with Crippen molar-refractivity contribution >= 4 is 11.6 Å². The first kappa shape index (κ1) is 14.8. The SMILES string of the molecule is CNC(=O)c1cc(NCC2(C)CCN(C)CC2)ccn1. The fraction of sp³-hybridized carbons (Fsp3) is 0.600. The molecule has 0 aliphatic carbocycles. The van der Waals surface area contributed by atoms with Crippen LogP contribution >= 0.6 is 0 Å². The van der Waals surface area contributed by atoms with Crippen molar-refractivity contribution in [2.75, 3.05) is 39.0 Å². The minimum absolute atomic E-state index is 0.154. The van der Waals surface area contributed by atoms with Crippen LogP contribution in [0.1, 0.15) is 30.3 Å². The molecule has 1 amide bonds. The van der Waals surface area contributed by atoms with Crippen LogP contribution in [0.15, 0.2) is 18.3 Å². The van der Waals surface area contributed by atoms with Crippen LogP contribution in [0.25, 0.3) is 0 Å². The molecule has 1 aliphatic rings. The third-order valence-electron chi connectivity index (χ3n) is 4.13.